The molecule has 0 aromatic heterocycles. The highest BCUT2D eigenvalue weighted by atomic mass is 15.0. The van der Waals surface area contributed by atoms with Gasteiger partial charge in [-0.2, -0.15) is 0 Å². The zero-order valence-corrected chi connectivity index (χ0v) is 5.23. The summed E-state index contributed by atoms with van der Waals surface area (Å²) < 4.78 is 1.99. The third-order valence-electron chi connectivity index (χ3n) is 1.04. The summed E-state index contributed by atoms with van der Waals surface area (Å²) in [6.45, 7) is 4.68. The van der Waals surface area contributed by atoms with Crippen LogP contribution in [0.1, 0.15) is 13.8 Å². The first-order chi connectivity index (χ1) is 3.18. The smallest absolute Gasteiger partial charge is 0.193 e. The van der Waals surface area contributed by atoms with Crippen LogP contribution >= 0.6 is 0 Å². The molecule has 2 heteroatoms. The summed E-state index contributed by atoms with van der Waals surface area (Å²) >= 11 is 0. The van der Waals surface area contributed by atoms with Gasteiger partial charge in [-0.3, -0.25) is 5.73 Å². The molecular formula is C5H13N2+. The average molecular weight is 101 g/mol. The van der Waals surface area contributed by atoms with Crippen LogP contribution in [0.15, 0.2) is 0 Å². The van der Waals surface area contributed by atoms with Gasteiger partial charge in [0.15, 0.2) is 6.67 Å². The van der Waals surface area contributed by atoms with Crippen molar-refractivity contribution >= 4 is 5.71 Å². The van der Waals surface area contributed by atoms with Gasteiger partial charge in [0.05, 0.1) is 0 Å². The van der Waals surface area contributed by atoms with Gasteiger partial charge in [0.1, 0.15) is 12.8 Å². The van der Waals surface area contributed by atoms with E-state index in [1.807, 2.05) is 25.5 Å². The molecule has 42 valence electrons. The number of hydrogen-bond acceptors (Lipinski definition) is 1. The van der Waals surface area contributed by atoms with Gasteiger partial charge >= 0.3 is 0 Å². The summed E-state index contributed by atoms with van der Waals surface area (Å²) in [4.78, 5) is 0. The molecule has 2 N–H and O–H groups in total. The van der Waals surface area contributed by atoms with E-state index in [1.54, 1.807) is 0 Å². The molecule has 0 spiro atoms. The molecule has 0 aliphatic rings. The van der Waals surface area contributed by atoms with Crippen molar-refractivity contribution < 1.29 is 4.58 Å². The minimum Gasteiger partial charge on any atom is -0.276 e. The largest absolute Gasteiger partial charge is 0.276 e. The fourth-order valence-corrected chi connectivity index (χ4v) is 0.183. The molecule has 0 amide bonds. The van der Waals surface area contributed by atoms with Crippen LogP contribution in [0.4, 0.5) is 0 Å². The molecule has 0 unspecified atom stereocenters. The molecular weight excluding hydrogens is 88.1 g/mol. The molecule has 0 heterocycles. The van der Waals surface area contributed by atoms with E-state index in [2.05, 4.69) is 0 Å². The summed E-state index contributed by atoms with van der Waals surface area (Å²) in [6, 6.07) is 0. The van der Waals surface area contributed by atoms with Crippen molar-refractivity contribution in [2.45, 2.75) is 13.8 Å². The average Bonchev–Trinajstić information content (AvgIpc) is 1.65. The van der Waals surface area contributed by atoms with Crippen LogP contribution in [-0.2, 0) is 0 Å². The minimum atomic E-state index is 0.613. The van der Waals surface area contributed by atoms with Gasteiger partial charge in [-0.05, 0) is 0 Å². The summed E-state index contributed by atoms with van der Waals surface area (Å²) in [6.07, 6.45) is 0. The topological polar surface area (TPSA) is 29.0 Å². The number of hydrogen-bond donors (Lipinski definition) is 1. The lowest BCUT2D eigenvalue weighted by atomic mass is 10.5. The molecule has 0 radical (unpaired) electrons. The van der Waals surface area contributed by atoms with Crippen molar-refractivity contribution in [3.63, 3.8) is 0 Å². The highest BCUT2D eigenvalue weighted by Crippen LogP contribution is 1.67. The second kappa shape index (κ2) is 2.75. The minimum absolute atomic E-state index is 0.613. The lowest BCUT2D eigenvalue weighted by Gasteiger charge is -1.90. The van der Waals surface area contributed by atoms with Crippen LogP contribution in [0.2, 0.25) is 0 Å². The van der Waals surface area contributed by atoms with E-state index in [-0.39, 0.29) is 0 Å². The first-order valence-corrected chi connectivity index (χ1v) is 2.40. The Bertz CT molecular complexity index is 80.1. The van der Waals surface area contributed by atoms with Crippen LogP contribution in [0.3, 0.4) is 0 Å². The molecule has 0 rings (SSSR count). The van der Waals surface area contributed by atoms with E-state index < -0.39 is 0 Å². The van der Waals surface area contributed by atoms with Crippen molar-refractivity contribution in [3.05, 3.63) is 0 Å². The monoisotopic (exact) mass is 101 g/mol. The molecule has 0 aliphatic heterocycles. The van der Waals surface area contributed by atoms with Crippen LogP contribution in [0.5, 0.6) is 0 Å². The third kappa shape index (κ3) is 2.34. The molecule has 0 bridgehead atoms. The quantitative estimate of drug-likeness (QED) is 0.282. The summed E-state index contributed by atoms with van der Waals surface area (Å²) in [5.74, 6) is 0. The second-order valence-corrected chi connectivity index (χ2v) is 1.83. The maximum absolute atomic E-state index is 5.28. The van der Waals surface area contributed by atoms with E-state index in [1.165, 1.54) is 5.71 Å². The van der Waals surface area contributed by atoms with Gasteiger partial charge in [-0.15, -0.1) is 0 Å². The maximum atomic E-state index is 5.28. The van der Waals surface area contributed by atoms with Crippen LogP contribution in [-0.4, -0.2) is 24.0 Å². The predicted molar refractivity (Wildman–Crippen MR) is 31.6 cm³/mol. The molecule has 0 aromatic carbocycles. The first kappa shape index (κ1) is 6.63. The molecule has 2 nitrogen and oxygen atoms in total. The SMILES string of the molecule is CC(C)=[N+](C)CN. The van der Waals surface area contributed by atoms with Crippen molar-refractivity contribution in [1.82, 2.24) is 0 Å². The highest BCUT2D eigenvalue weighted by Gasteiger charge is 1.89. The number of rotatable bonds is 1. The van der Waals surface area contributed by atoms with Gasteiger partial charge in [-0.25, -0.2) is 4.58 Å². The Morgan fingerprint density at radius 1 is 1.57 bits per heavy atom. The molecule has 0 aliphatic carbocycles. The Hall–Kier alpha value is -0.370. The van der Waals surface area contributed by atoms with Gasteiger partial charge in [-0.1, -0.05) is 0 Å². The van der Waals surface area contributed by atoms with Gasteiger partial charge < -0.3 is 0 Å². The highest BCUT2D eigenvalue weighted by molar-refractivity contribution is 5.73. The standard InChI is InChI=1S/C5H13N2/c1-5(2)7(3)4-6/h4,6H2,1-3H3/q+1. The molecule has 7 heavy (non-hydrogen) atoms. The molecule has 0 saturated carbocycles. The fourth-order valence-electron chi connectivity index (χ4n) is 0.183. The number of nitrogens with zero attached hydrogens (tertiary/aromatic N) is 1. The van der Waals surface area contributed by atoms with Gasteiger partial charge in [0, 0.05) is 13.8 Å². The Morgan fingerprint density at radius 3 is 2.00 bits per heavy atom. The lowest BCUT2D eigenvalue weighted by Crippen LogP contribution is -2.19. The summed E-state index contributed by atoms with van der Waals surface area (Å²) in [5.41, 5.74) is 6.53. The van der Waals surface area contributed by atoms with E-state index in [9.17, 15) is 0 Å². The second-order valence-electron chi connectivity index (χ2n) is 1.83. The normalized spacial score (nSPS) is 8.57. The van der Waals surface area contributed by atoms with E-state index in [4.69, 9.17) is 5.73 Å². The summed E-state index contributed by atoms with van der Waals surface area (Å²) in [5, 5.41) is 0. The fraction of sp³-hybridized carbons (Fsp3) is 0.800. The summed E-state index contributed by atoms with van der Waals surface area (Å²) in [7, 11) is 1.97. The van der Waals surface area contributed by atoms with Gasteiger partial charge in [0.2, 0.25) is 0 Å². The Morgan fingerprint density at radius 2 is 2.00 bits per heavy atom. The first-order valence-electron chi connectivity index (χ1n) is 2.40. The van der Waals surface area contributed by atoms with Crippen molar-refractivity contribution in [2.24, 2.45) is 5.73 Å². The van der Waals surface area contributed by atoms with Crippen LogP contribution in [0, 0.1) is 0 Å². The Kier molecular flexibility index (Phi) is 2.60. The van der Waals surface area contributed by atoms with Crippen LogP contribution < -0.4 is 5.73 Å². The number of nitrogens with two attached hydrogens (primary N) is 1. The van der Waals surface area contributed by atoms with E-state index in [0.29, 0.717) is 6.67 Å². The molecule has 0 fully saturated rings. The van der Waals surface area contributed by atoms with E-state index >= 15 is 0 Å². The van der Waals surface area contributed by atoms with Crippen molar-refractivity contribution in [1.29, 1.82) is 0 Å². The van der Waals surface area contributed by atoms with Crippen LogP contribution in [0.25, 0.3) is 0 Å². The Balaban J connectivity index is 3.72. The lowest BCUT2D eigenvalue weighted by molar-refractivity contribution is -0.496. The third-order valence-corrected chi connectivity index (χ3v) is 1.04. The zero-order chi connectivity index (χ0) is 5.86. The maximum Gasteiger partial charge on any atom is 0.193 e. The molecule has 0 atom stereocenters. The molecule has 0 aromatic rings. The predicted octanol–water partition coefficient (Wildman–Crippen LogP) is 0.0257. The van der Waals surface area contributed by atoms with Crippen molar-refractivity contribution in [2.75, 3.05) is 13.7 Å². The van der Waals surface area contributed by atoms with E-state index in [0.717, 1.165) is 0 Å². The van der Waals surface area contributed by atoms with Gasteiger partial charge in [0.25, 0.3) is 0 Å². The van der Waals surface area contributed by atoms with Crippen molar-refractivity contribution in [3.8, 4) is 0 Å². The Labute approximate surface area is 44.6 Å². The molecule has 0 saturated heterocycles. The zero-order valence-electron chi connectivity index (χ0n) is 5.23.